The maximum Gasteiger partial charge on any atom is 0.0798 e. The topological polar surface area (TPSA) is 37.8 Å². The SMILES string of the molecule is COCCN1C[C@H](COC)C2(CCN(Cc3scnc3C)CC2)C1. The van der Waals surface area contributed by atoms with Gasteiger partial charge in [0, 0.05) is 51.2 Å². The molecule has 1 aromatic rings. The lowest BCUT2D eigenvalue weighted by Crippen LogP contribution is -2.45. The van der Waals surface area contributed by atoms with E-state index in [-0.39, 0.29) is 0 Å². The molecule has 2 aliphatic rings. The molecule has 3 heterocycles. The van der Waals surface area contributed by atoms with Crippen LogP contribution in [-0.4, -0.2) is 74.9 Å². The summed E-state index contributed by atoms with van der Waals surface area (Å²) in [5, 5.41) is 0. The van der Waals surface area contributed by atoms with Gasteiger partial charge in [-0.05, 0) is 38.3 Å². The van der Waals surface area contributed by atoms with Crippen molar-refractivity contribution >= 4 is 11.3 Å². The van der Waals surface area contributed by atoms with Crippen LogP contribution in [0.4, 0.5) is 0 Å². The second kappa shape index (κ2) is 8.23. The zero-order valence-corrected chi connectivity index (χ0v) is 16.1. The van der Waals surface area contributed by atoms with Gasteiger partial charge in [-0.3, -0.25) is 4.90 Å². The molecule has 3 rings (SSSR count). The Morgan fingerprint density at radius 2 is 2.04 bits per heavy atom. The maximum absolute atomic E-state index is 5.56. The van der Waals surface area contributed by atoms with Crippen molar-refractivity contribution < 1.29 is 9.47 Å². The van der Waals surface area contributed by atoms with Crippen LogP contribution in [0.5, 0.6) is 0 Å². The number of nitrogens with zero attached hydrogens (tertiary/aromatic N) is 3. The van der Waals surface area contributed by atoms with Crippen molar-refractivity contribution in [1.82, 2.24) is 14.8 Å². The van der Waals surface area contributed by atoms with Crippen LogP contribution in [0.25, 0.3) is 0 Å². The first-order valence-corrected chi connectivity index (χ1v) is 9.86. The highest BCUT2D eigenvalue weighted by Gasteiger charge is 2.47. The first kappa shape index (κ1) is 18.3. The van der Waals surface area contributed by atoms with Gasteiger partial charge in [0.25, 0.3) is 0 Å². The van der Waals surface area contributed by atoms with E-state index in [1.807, 2.05) is 12.6 Å². The van der Waals surface area contributed by atoms with Gasteiger partial charge in [-0.2, -0.15) is 0 Å². The fourth-order valence-corrected chi connectivity index (χ4v) is 5.19. The summed E-state index contributed by atoms with van der Waals surface area (Å²) in [6, 6.07) is 0. The summed E-state index contributed by atoms with van der Waals surface area (Å²) >= 11 is 1.79. The van der Waals surface area contributed by atoms with E-state index in [1.54, 1.807) is 18.4 Å². The predicted molar refractivity (Wildman–Crippen MR) is 97.5 cm³/mol. The van der Waals surface area contributed by atoms with Crippen LogP contribution in [0.3, 0.4) is 0 Å². The van der Waals surface area contributed by atoms with E-state index < -0.39 is 0 Å². The molecule has 0 radical (unpaired) electrons. The largest absolute Gasteiger partial charge is 0.384 e. The molecule has 1 spiro atoms. The molecule has 1 atom stereocenters. The van der Waals surface area contributed by atoms with Crippen molar-refractivity contribution in [1.29, 1.82) is 0 Å². The first-order chi connectivity index (χ1) is 11.7. The quantitative estimate of drug-likeness (QED) is 0.752. The lowest BCUT2D eigenvalue weighted by Gasteiger charge is -2.42. The molecule has 2 aliphatic heterocycles. The molecule has 0 N–H and O–H groups in total. The Kier molecular flexibility index (Phi) is 6.27. The van der Waals surface area contributed by atoms with Crippen LogP contribution in [-0.2, 0) is 16.0 Å². The number of methoxy groups -OCH3 is 2. The van der Waals surface area contributed by atoms with Crippen LogP contribution in [0.1, 0.15) is 23.4 Å². The third-order valence-electron chi connectivity index (χ3n) is 5.93. The zero-order valence-electron chi connectivity index (χ0n) is 15.3. The van der Waals surface area contributed by atoms with E-state index in [0.29, 0.717) is 11.3 Å². The molecule has 2 saturated heterocycles. The number of hydrogen-bond acceptors (Lipinski definition) is 6. The minimum atomic E-state index is 0.434. The van der Waals surface area contributed by atoms with Crippen LogP contribution < -0.4 is 0 Å². The maximum atomic E-state index is 5.56. The summed E-state index contributed by atoms with van der Waals surface area (Å²) in [5.74, 6) is 0.659. The Morgan fingerprint density at radius 3 is 2.67 bits per heavy atom. The van der Waals surface area contributed by atoms with Crippen LogP contribution >= 0.6 is 11.3 Å². The summed E-state index contributed by atoms with van der Waals surface area (Å²) in [4.78, 5) is 11.0. The molecule has 1 aromatic heterocycles. The van der Waals surface area contributed by atoms with Gasteiger partial charge in [-0.1, -0.05) is 0 Å². The Balaban J connectivity index is 1.58. The average molecular weight is 354 g/mol. The Morgan fingerprint density at radius 1 is 1.25 bits per heavy atom. The number of thiazole rings is 1. The van der Waals surface area contributed by atoms with Gasteiger partial charge in [0.15, 0.2) is 0 Å². The predicted octanol–water partition coefficient (Wildman–Crippen LogP) is 2.26. The summed E-state index contributed by atoms with van der Waals surface area (Å²) in [5.41, 5.74) is 3.60. The first-order valence-electron chi connectivity index (χ1n) is 8.98. The number of hydrogen-bond donors (Lipinski definition) is 0. The lowest BCUT2D eigenvalue weighted by atomic mass is 9.71. The molecule has 0 aromatic carbocycles. The van der Waals surface area contributed by atoms with Crippen molar-refractivity contribution in [2.24, 2.45) is 11.3 Å². The number of piperidine rings is 1. The van der Waals surface area contributed by atoms with Crippen LogP contribution in [0, 0.1) is 18.3 Å². The van der Waals surface area contributed by atoms with E-state index in [0.717, 1.165) is 32.8 Å². The molecule has 6 heteroatoms. The Bertz CT molecular complexity index is 514. The smallest absolute Gasteiger partial charge is 0.0798 e. The molecule has 0 saturated carbocycles. The molecular weight excluding hydrogens is 322 g/mol. The molecule has 2 fully saturated rings. The third-order valence-corrected chi connectivity index (χ3v) is 6.85. The molecule has 0 amide bonds. The molecule has 0 aliphatic carbocycles. The van der Waals surface area contributed by atoms with Gasteiger partial charge in [-0.15, -0.1) is 11.3 Å². The van der Waals surface area contributed by atoms with Gasteiger partial charge < -0.3 is 14.4 Å². The van der Waals surface area contributed by atoms with Gasteiger partial charge in [0.1, 0.15) is 0 Å². The fourth-order valence-electron chi connectivity index (χ4n) is 4.37. The van der Waals surface area contributed by atoms with E-state index in [4.69, 9.17) is 9.47 Å². The van der Waals surface area contributed by atoms with Crippen LogP contribution in [0.2, 0.25) is 0 Å². The minimum absolute atomic E-state index is 0.434. The normalized spacial score (nSPS) is 24.9. The fraction of sp³-hybridized carbons (Fsp3) is 0.833. The van der Waals surface area contributed by atoms with Crippen molar-refractivity contribution in [2.45, 2.75) is 26.3 Å². The second-order valence-electron chi connectivity index (χ2n) is 7.38. The van der Waals surface area contributed by atoms with E-state index >= 15 is 0 Å². The van der Waals surface area contributed by atoms with Gasteiger partial charge in [-0.25, -0.2) is 4.98 Å². The van der Waals surface area contributed by atoms with E-state index in [1.165, 1.54) is 43.0 Å². The number of aryl methyl sites for hydroxylation is 1. The Labute approximate surface area is 150 Å². The standard InChI is InChI=1S/C18H31N3O2S/c1-15-17(24-14-19-15)11-20-6-4-18(5-7-20)13-21(8-9-22-2)10-16(18)12-23-3/h14,16H,4-13H2,1-3H3/t16-/m1/s1. The highest BCUT2D eigenvalue weighted by atomic mass is 32.1. The number of aromatic nitrogens is 1. The highest BCUT2D eigenvalue weighted by molar-refractivity contribution is 7.09. The molecule has 5 nitrogen and oxygen atoms in total. The monoisotopic (exact) mass is 353 g/mol. The summed E-state index contributed by atoms with van der Waals surface area (Å²) in [6.45, 7) is 10.7. The number of ether oxygens (including phenoxy) is 2. The van der Waals surface area contributed by atoms with Crippen molar-refractivity contribution in [3.8, 4) is 0 Å². The minimum Gasteiger partial charge on any atom is -0.384 e. The molecule has 0 bridgehead atoms. The molecular formula is C18H31N3O2S. The summed E-state index contributed by atoms with van der Waals surface area (Å²) < 4.78 is 10.8. The highest BCUT2D eigenvalue weighted by Crippen LogP contribution is 2.45. The second-order valence-corrected chi connectivity index (χ2v) is 8.32. The van der Waals surface area contributed by atoms with Gasteiger partial charge in [0.2, 0.25) is 0 Å². The summed E-state index contributed by atoms with van der Waals surface area (Å²) in [7, 11) is 3.63. The molecule has 0 unspecified atom stereocenters. The van der Waals surface area contributed by atoms with Gasteiger partial charge in [0.05, 0.1) is 24.4 Å². The third kappa shape index (κ3) is 3.99. The molecule has 24 heavy (non-hydrogen) atoms. The Hall–Kier alpha value is -0.530. The van der Waals surface area contributed by atoms with Gasteiger partial charge >= 0.3 is 0 Å². The number of likely N-dealkylation sites (tertiary alicyclic amines) is 2. The van der Waals surface area contributed by atoms with Crippen LogP contribution in [0.15, 0.2) is 5.51 Å². The lowest BCUT2D eigenvalue weighted by molar-refractivity contribution is 0.0350. The zero-order chi connectivity index (χ0) is 17.0. The van der Waals surface area contributed by atoms with Crippen molar-refractivity contribution in [3.63, 3.8) is 0 Å². The molecule has 136 valence electrons. The number of rotatable bonds is 7. The van der Waals surface area contributed by atoms with Crippen molar-refractivity contribution in [3.05, 3.63) is 16.1 Å². The van der Waals surface area contributed by atoms with E-state index in [2.05, 4.69) is 21.7 Å². The van der Waals surface area contributed by atoms with Crippen molar-refractivity contribution in [2.75, 3.05) is 60.2 Å². The summed E-state index contributed by atoms with van der Waals surface area (Å²) in [6.07, 6.45) is 2.56. The average Bonchev–Trinajstić information content (AvgIpc) is 3.13. The van der Waals surface area contributed by atoms with E-state index in [9.17, 15) is 0 Å².